The van der Waals surface area contributed by atoms with Crippen LogP contribution in [0.3, 0.4) is 0 Å². The summed E-state index contributed by atoms with van der Waals surface area (Å²) in [6, 6.07) is 3.80. The van der Waals surface area contributed by atoms with Crippen LogP contribution in [-0.2, 0) is 13.0 Å². The minimum absolute atomic E-state index is 0.251. The third-order valence-electron chi connectivity index (χ3n) is 2.49. The molecule has 2 aromatic heterocycles. The molecule has 5 heteroatoms. The Morgan fingerprint density at radius 3 is 2.89 bits per heavy atom. The number of aromatic nitrogens is 2. The van der Waals surface area contributed by atoms with Crippen LogP contribution in [0.25, 0.3) is 0 Å². The zero-order valence-corrected chi connectivity index (χ0v) is 10.9. The van der Waals surface area contributed by atoms with Crippen molar-refractivity contribution in [1.82, 2.24) is 15.3 Å². The molecule has 0 amide bonds. The van der Waals surface area contributed by atoms with Crippen LogP contribution in [-0.4, -0.2) is 17.0 Å². The molecule has 0 aliphatic heterocycles. The summed E-state index contributed by atoms with van der Waals surface area (Å²) in [5.41, 5.74) is 2.69. The molecule has 0 aliphatic rings. The number of oxazole rings is 1. The zero-order valence-electron chi connectivity index (χ0n) is 10.9. The van der Waals surface area contributed by atoms with Gasteiger partial charge in [-0.1, -0.05) is 6.92 Å². The SMILES string of the molecule is CCc1nc(C)ccc1Oc1nc(CNC)co1. The van der Waals surface area contributed by atoms with Gasteiger partial charge >= 0.3 is 6.08 Å². The molecule has 0 fully saturated rings. The molecule has 0 saturated carbocycles. The lowest BCUT2D eigenvalue weighted by molar-refractivity contribution is 0.327. The Balaban J connectivity index is 2.17. The summed E-state index contributed by atoms with van der Waals surface area (Å²) in [5, 5.41) is 3.00. The first kappa shape index (κ1) is 12.6. The number of rotatable bonds is 5. The van der Waals surface area contributed by atoms with Gasteiger partial charge in [0.25, 0.3) is 0 Å². The standard InChI is InChI=1S/C13H17N3O2/c1-4-11-12(6-5-9(2)15-11)18-13-16-10(7-14-3)8-17-13/h5-6,8,14H,4,7H2,1-3H3. The van der Waals surface area contributed by atoms with Gasteiger partial charge in [-0.25, -0.2) is 0 Å². The Morgan fingerprint density at radius 2 is 2.17 bits per heavy atom. The lowest BCUT2D eigenvalue weighted by Gasteiger charge is -2.06. The number of hydrogen-bond acceptors (Lipinski definition) is 5. The lowest BCUT2D eigenvalue weighted by atomic mass is 10.2. The number of pyridine rings is 1. The first-order chi connectivity index (χ1) is 8.72. The molecule has 0 aromatic carbocycles. The van der Waals surface area contributed by atoms with Gasteiger partial charge in [-0.3, -0.25) is 4.98 Å². The molecule has 5 nitrogen and oxygen atoms in total. The summed E-state index contributed by atoms with van der Waals surface area (Å²) in [6.07, 6.45) is 2.64. The third kappa shape index (κ3) is 2.87. The highest BCUT2D eigenvalue weighted by molar-refractivity contribution is 5.31. The van der Waals surface area contributed by atoms with Gasteiger partial charge in [0, 0.05) is 12.2 Å². The van der Waals surface area contributed by atoms with Crippen molar-refractivity contribution in [3.8, 4) is 11.8 Å². The Kier molecular flexibility index (Phi) is 3.94. The molecule has 0 unspecified atom stereocenters. The van der Waals surface area contributed by atoms with Crippen molar-refractivity contribution in [3.05, 3.63) is 35.5 Å². The molecule has 2 aromatic rings. The molecule has 2 rings (SSSR count). The van der Waals surface area contributed by atoms with Crippen LogP contribution in [0, 0.1) is 6.92 Å². The van der Waals surface area contributed by atoms with E-state index in [1.165, 1.54) is 0 Å². The maximum absolute atomic E-state index is 5.61. The van der Waals surface area contributed by atoms with Crippen LogP contribution < -0.4 is 10.1 Å². The number of nitrogens with zero attached hydrogens (tertiary/aromatic N) is 2. The van der Waals surface area contributed by atoms with Gasteiger partial charge in [-0.05, 0) is 32.5 Å². The fourth-order valence-electron chi connectivity index (χ4n) is 1.64. The minimum Gasteiger partial charge on any atom is -0.417 e. The second-order valence-corrected chi connectivity index (χ2v) is 3.99. The molecular formula is C13H17N3O2. The number of nitrogens with one attached hydrogen (secondary N) is 1. The smallest absolute Gasteiger partial charge is 0.399 e. The lowest BCUT2D eigenvalue weighted by Crippen LogP contribution is -2.05. The number of aryl methyl sites for hydroxylation is 2. The first-order valence-electron chi connectivity index (χ1n) is 5.96. The molecule has 18 heavy (non-hydrogen) atoms. The van der Waals surface area contributed by atoms with Crippen LogP contribution in [0.1, 0.15) is 24.0 Å². The molecule has 0 saturated heterocycles. The minimum atomic E-state index is 0.251. The number of ether oxygens (including phenoxy) is 1. The fraction of sp³-hybridized carbons (Fsp3) is 0.385. The van der Waals surface area contributed by atoms with Crippen molar-refractivity contribution in [1.29, 1.82) is 0 Å². The van der Waals surface area contributed by atoms with Crippen molar-refractivity contribution in [2.75, 3.05) is 7.05 Å². The molecule has 0 radical (unpaired) electrons. The third-order valence-corrected chi connectivity index (χ3v) is 2.49. The van der Waals surface area contributed by atoms with Gasteiger partial charge in [-0.2, -0.15) is 4.98 Å². The van der Waals surface area contributed by atoms with Crippen molar-refractivity contribution in [2.24, 2.45) is 0 Å². The van der Waals surface area contributed by atoms with E-state index in [4.69, 9.17) is 9.15 Å². The van der Waals surface area contributed by atoms with E-state index in [1.807, 2.05) is 33.0 Å². The van der Waals surface area contributed by atoms with Gasteiger partial charge in [0.15, 0.2) is 5.75 Å². The van der Waals surface area contributed by atoms with E-state index in [1.54, 1.807) is 6.26 Å². The van der Waals surface area contributed by atoms with Crippen LogP contribution in [0.5, 0.6) is 11.8 Å². The number of hydrogen-bond donors (Lipinski definition) is 1. The van der Waals surface area contributed by atoms with Crippen molar-refractivity contribution in [3.63, 3.8) is 0 Å². The molecule has 0 spiro atoms. The van der Waals surface area contributed by atoms with Crippen LogP contribution >= 0.6 is 0 Å². The normalized spacial score (nSPS) is 10.6. The summed E-state index contributed by atoms with van der Waals surface area (Å²) < 4.78 is 10.9. The highest BCUT2D eigenvalue weighted by Gasteiger charge is 2.10. The average molecular weight is 247 g/mol. The van der Waals surface area contributed by atoms with Gasteiger partial charge < -0.3 is 14.5 Å². The van der Waals surface area contributed by atoms with E-state index in [2.05, 4.69) is 15.3 Å². The molecule has 0 bridgehead atoms. The maximum Gasteiger partial charge on any atom is 0.399 e. The molecule has 1 N–H and O–H groups in total. The topological polar surface area (TPSA) is 60.2 Å². The summed E-state index contributed by atoms with van der Waals surface area (Å²) in [4.78, 5) is 8.64. The molecule has 0 aliphatic carbocycles. The summed E-state index contributed by atoms with van der Waals surface area (Å²) in [5.74, 6) is 0.695. The predicted octanol–water partition coefficient (Wildman–Crippen LogP) is 2.45. The fourth-order valence-corrected chi connectivity index (χ4v) is 1.64. The van der Waals surface area contributed by atoms with Crippen molar-refractivity contribution >= 4 is 0 Å². The van der Waals surface area contributed by atoms with Gasteiger partial charge in [0.05, 0.1) is 11.4 Å². The van der Waals surface area contributed by atoms with Crippen LogP contribution in [0.15, 0.2) is 22.8 Å². The molecule has 2 heterocycles. The monoisotopic (exact) mass is 247 g/mol. The summed E-state index contributed by atoms with van der Waals surface area (Å²) in [6.45, 7) is 4.65. The highest BCUT2D eigenvalue weighted by atomic mass is 16.6. The Labute approximate surface area is 106 Å². The van der Waals surface area contributed by atoms with Crippen LogP contribution in [0.2, 0.25) is 0 Å². The summed E-state index contributed by atoms with van der Waals surface area (Å²) in [7, 11) is 1.86. The van der Waals surface area contributed by atoms with Gasteiger partial charge in [0.1, 0.15) is 6.26 Å². The van der Waals surface area contributed by atoms with E-state index < -0.39 is 0 Å². The predicted molar refractivity (Wildman–Crippen MR) is 67.7 cm³/mol. The van der Waals surface area contributed by atoms with Gasteiger partial charge in [-0.15, -0.1) is 0 Å². The first-order valence-corrected chi connectivity index (χ1v) is 5.96. The van der Waals surface area contributed by atoms with Crippen LogP contribution in [0.4, 0.5) is 0 Å². The van der Waals surface area contributed by atoms with Crippen molar-refractivity contribution in [2.45, 2.75) is 26.8 Å². The van der Waals surface area contributed by atoms with Crippen molar-refractivity contribution < 1.29 is 9.15 Å². The second-order valence-electron chi connectivity index (χ2n) is 3.99. The molecular weight excluding hydrogens is 230 g/mol. The largest absolute Gasteiger partial charge is 0.417 e. The Bertz CT molecular complexity index is 523. The summed E-state index contributed by atoms with van der Waals surface area (Å²) >= 11 is 0. The Hall–Kier alpha value is -1.88. The average Bonchev–Trinajstić information content (AvgIpc) is 2.79. The molecule has 0 atom stereocenters. The van der Waals surface area contributed by atoms with E-state index in [0.29, 0.717) is 12.3 Å². The van der Waals surface area contributed by atoms with E-state index in [0.717, 1.165) is 23.5 Å². The quantitative estimate of drug-likeness (QED) is 0.879. The second kappa shape index (κ2) is 5.64. The Morgan fingerprint density at radius 1 is 1.33 bits per heavy atom. The molecule has 96 valence electrons. The van der Waals surface area contributed by atoms with Gasteiger partial charge in [0.2, 0.25) is 0 Å². The maximum atomic E-state index is 5.61. The highest BCUT2D eigenvalue weighted by Crippen LogP contribution is 2.24. The van der Waals surface area contributed by atoms with E-state index in [9.17, 15) is 0 Å². The zero-order chi connectivity index (χ0) is 13.0. The van der Waals surface area contributed by atoms with E-state index in [-0.39, 0.29) is 6.08 Å². The van der Waals surface area contributed by atoms with E-state index >= 15 is 0 Å².